The maximum absolute atomic E-state index is 12.6. The van der Waals surface area contributed by atoms with Gasteiger partial charge in [-0.25, -0.2) is 4.98 Å². The summed E-state index contributed by atoms with van der Waals surface area (Å²) in [6.45, 7) is 0.933. The number of hydrogen-bond donors (Lipinski definition) is 0. The first-order chi connectivity index (χ1) is 9.65. The zero-order valence-corrected chi connectivity index (χ0v) is 11.9. The van der Waals surface area contributed by atoms with Gasteiger partial charge in [0.25, 0.3) is 5.91 Å². The normalized spacial score (nSPS) is 13.6. The smallest absolute Gasteiger partial charge is 0.258 e. The summed E-state index contributed by atoms with van der Waals surface area (Å²) in [5.41, 5.74) is 1.15. The van der Waals surface area contributed by atoms with Crippen molar-refractivity contribution < 1.29 is 9.53 Å². The second kappa shape index (κ2) is 5.31. The number of rotatable bonds is 1. The molecule has 102 valence electrons. The molecule has 1 amide bonds. The highest BCUT2D eigenvalue weighted by atomic mass is 35.5. The van der Waals surface area contributed by atoms with E-state index in [1.807, 2.05) is 24.3 Å². The van der Waals surface area contributed by atoms with Gasteiger partial charge in [-0.2, -0.15) is 0 Å². The van der Waals surface area contributed by atoms with E-state index < -0.39 is 0 Å². The lowest BCUT2D eigenvalue weighted by Crippen LogP contribution is -2.37. The number of anilines is 1. The molecule has 1 aromatic heterocycles. The molecule has 0 bridgehead atoms. The second-order valence-corrected chi connectivity index (χ2v) is 5.05. The molecule has 0 N–H and O–H groups in total. The van der Waals surface area contributed by atoms with Gasteiger partial charge in [-0.3, -0.25) is 4.79 Å². The Morgan fingerprint density at radius 2 is 1.90 bits per heavy atom. The van der Waals surface area contributed by atoms with Crippen LogP contribution in [0.1, 0.15) is 10.4 Å². The molecule has 4 nitrogen and oxygen atoms in total. The van der Waals surface area contributed by atoms with E-state index in [9.17, 15) is 4.79 Å². The summed E-state index contributed by atoms with van der Waals surface area (Å²) in [6, 6.07) is 10.4. The summed E-state index contributed by atoms with van der Waals surface area (Å²) < 4.78 is 5.53. The maximum Gasteiger partial charge on any atom is 0.258 e. The zero-order valence-electron chi connectivity index (χ0n) is 10.3. The van der Waals surface area contributed by atoms with Crippen LogP contribution in [0.2, 0.25) is 10.3 Å². The van der Waals surface area contributed by atoms with E-state index in [2.05, 4.69) is 4.98 Å². The highest BCUT2D eigenvalue weighted by molar-refractivity contribution is 6.33. The lowest BCUT2D eigenvalue weighted by molar-refractivity contribution is 0.0976. The molecule has 1 aliphatic heterocycles. The molecule has 20 heavy (non-hydrogen) atoms. The molecule has 0 saturated carbocycles. The van der Waals surface area contributed by atoms with Gasteiger partial charge in [-0.15, -0.1) is 0 Å². The van der Waals surface area contributed by atoms with Crippen LogP contribution in [0.5, 0.6) is 5.75 Å². The third-order valence-corrected chi connectivity index (χ3v) is 3.37. The number of halogens is 2. The topological polar surface area (TPSA) is 42.4 Å². The fourth-order valence-corrected chi connectivity index (χ4v) is 2.59. The predicted molar refractivity (Wildman–Crippen MR) is 77.9 cm³/mol. The summed E-state index contributed by atoms with van der Waals surface area (Å²) in [6.07, 6.45) is 0. The van der Waals surface area contributed by atoms with Crippen LogP contribution in [0.4, 0.5) is 5.69 Å². The van der Waals surface area contributed by atoms with Crippen LogP contribution in [0.15, 0.2) is 36.4 Å². The Bertz CT molecular complexity index is 656. The van der Waals surface area contributed by atoms with Gasteiger partial charge in [0.1, 0.15) is 22.7 Å². The third-order valence-electron chi connectivity index (χ3n) is 2.98. The summed E-state index contributed by atoms with van der Waals surface area (Å²) in [4.78, 5) is 18.1. The van der Waals surface area contributed by atoms with Crippen LogP contribution in [0, 0.1) is 0 Å². The Kier molecular flexibility index (Phi) is 3.51. The van der Waals surface area contributed by atoms with Crippen molar-refractivity contribution in [1.82, 2.24) is 4.98 Å². The first kappa shape index (κ1) is 13.2. The molecule has 0 fully saturated rings. The number of hydrogen-bond acceptors (Lipinski definition) is 3. The number of fused-ring (bicyclic) bond motifs is 1. The van der Waals surface area contributed by atoms with Gasteiger partial charge >= 0.3 is 0 Å². The van der Waals surface area contributed by atoms with Gasteiger partial charge < -0.3 is 9.64 Å². The quantitative estimate of drug-likeness (QED) is 0.758. The van der Waals surface area contributed by atoms with Crippen LogP contribution >= 0.6 is 23.2 Å². The summed E-state index contributed by atoms with van der Waals surface area (Å²) in [5, 5.41) is 0.393. The second-order valence-electron chi connectivity index (χ2n) is 4.27. The van der Waals surface area contributed by atoms with Gasteiger partial charge in [0.05, 0.1) is 12.2 Å². The molecule has 3 rings (SSSR count). The summed E-state index contributed by atoms with van der Waals surface area (Å²) in [7, 11) is 0. The van der Waals surface area contributed by atoms with Crippen LogP contribution in [0.25, 0.3) is 0 Å². The highest BCUT2D eigenvalue weighted by Gasteiger charge is 2.24. The number of carbonyl (C=O) groups excluding carboxylic acids is 1. The molecule has 0 atom stereocenters. The van der Waals surface area contributed by atoms with E-state index in [-0.39, 0.29) is 16.2 Å². The fraction of sp³-hybridized carbons (Fsp3) is 0.143. The SMILES string of the molecule is O=C(c1cc(Cl)nc(Cl)c1)N1CCOc2ccccc21. The van der Waals surface area contributed by atoms with Gasteiger partial charge in [-0.1, -0.05) is 35.3 Å². The molecule has 1 aromatic carbocycles. The minimum absolute atomic E-state index is 0.174. The lowest BCUT2D eigenvalue weighted by Gasteiger charge is -2.29. The van der Waals surface area contributed by atoms with E-state index in [0.29, 0.717) is 24.5 Å². The number of para-hydroxylation sites is 2. The summed E-state index contributed by atoms with van der Waals surface area (Å²) in [5.74, 6) is 0.519. The van der Waals surface area contributed by atoms with E-state index in [1.54, 1.807) is 4.90 Å². The number of amides is 1. The van der Waals surface area contributed by atoms with E-state index >= 15 is 0 Å². The average molecular weight is 309 g/mol. The number of aromatic nitrogens is 1. The largest absolute Gasteiger partial charge is 0.490 e. The Hall–Kier alpha value is -1.78. The minimum Gasteiger partial charge on any atom is -0.490 e. The highest BCUT2D eigenvalue weighted by Crippen LogP contribution is 2.32. The number of pyridine rings is 1. The minimum atomic E-state index is -0.174. The van der Waals surface area contributed by atoms with E-state index in [0.717, 1.165) is 5.69 Å². The van der Waals surface area contributed by atoms with Crippen molar-refractivity contribution in [2.45, 2.75) is 0 Å². The average Bonchev–Trinajstić information content (AvgIpc) is 2.45. The van der Waals surface area contributed by atoms with Crippen molar-refractivity contribution in [2.24, 2.45) is 0 Å². The Balaban J connectivity index is 1.99. The van der Waals surface area contributed by atoms with E-state index in [1.165, 1.54) is 12.1 Å². The Labute approximate surface area is 125 Å². The number of carbonyl (C=O) groups is 1. The van der Waals surface area contributed by atoms with Crippen molar-refractivity contribution in [2.75, 3.05) is 18.1 Å². The third kappa shape index (κ3) is 2.44. The molecule has 2 aromatic rings. The van der Waals surface area contributed by atoms with Gasteiger partial charge in [0.15, 0.2) is 0 Å². The molecule has 6 heteroatoms. The molecular weight excluding hydrogens is 299 g/mol. The van der Waals surface area contributed by atoms with Crippen molar-refractivity contribution in [3.8, 4) is 5.75 Å². The predicted octanol–water partition coefficient (Wildman–Crippen LogP) is 3.43. The lowest BCUT2D eigenvalue weighted by atomic mass is 10.2. The zero-order chi connectivity index (χ0) is 14.1. The van der Waals surface area contributed by atoms with Crippen molar-refractivity contribution >= 4 is 34.8 Å². The molecule has 2 heterocycles. The van der Waals surface area contributed by atoms with Gasteiger partial charge in [0.2, 0.25) is 0 Å². The van der Waals surface area contributed by atoms with Crippen molar-refractivity contribution in [1.29, 1.82) is 0 Å². The molecule has 0 saturated heterocycles. The Morgan fingerprint density at radius 1 is 1.20 bits per heavy atom. The van der Waals surface area contributed by atoms with Crippen molar-refractivity contribution in [3.05, 3.63) is 52.3 Å². The van der Waals surface area contributed by atoms with Crippen LogP contribution in [-0.4, -0.2) is 24.0 Å². The number of nitrogens with zero attached hydrogens (tertiary/aromatic N) is 2. The summed E-state index contributed by atoms with van der Waals surface area (Å²) >= 11 is 11.7. The monoisotopic (exact) mass is 308 g/mol. The molecule has 1 aliphatic rings. The molecule has 0 spiro atoms. The van der Waals surface area contributed by atoms with Crippen LogP contribution in [0.3, 0.4) is 0 Å². The first-order valence-electron chi connectivity index (χ1n) is 6.02. The van der Waals surface area contributed by atoms with E-state index in [4.69, 9.17) is 27.9 Å². The molecular formula is C14H10Cl2N2O2. The molecule has 0 unspecified atom stereocenters. The Morgan fingerprint density at radius 3 is 2.65 bits per heavy atom. The standard InChI is InChI=1S/C14H10Cl2N2O2/c15-12-7-9(8-13(16)17-12)14(19)18-5-6-20-11-4-2-1-3-10(11)18/h1-4,7-8H,5-6H2. The maximum atomic E-state index is 12.6. The van der Waals surface area contributed by atoms with Gasteiger partial charge in [-0.05, 0) is 24.3 Å². The van der Waals surface area contributed by atoms with Gasteiger partial charge in [0, 0.05) is 5.56 Å². The number of benzene rings is 1. The number of ether oxygens (including phenoxy) is 1. The van der Waals surface area contributed by atoms with Crippen LogP contribution < -0.4 is 9.64 Å². The molecule has 0 aliphatic carbocycles. The molecule has 0 radical (unpaired) electrons. The fourth-order valence-electron chi connectivity index (χ4n) is 2.12. The first-order valence-corrected chi connectivity index (χ1v) is 6.77. The van der Waals surface area contributed by atoms with Crippen molar-refractivity contribution in [3.63, 3.8) is 0 Å². The van der Waals surface area contributed by atoms with Crippen LogP contribution in [-0.2, 0) is 0 Å².